The average Bonchev–Trinajstić information content (AvgIpc) is 3.48. The average molecular weight is 577 g/mol. The molecule has 0 amide bonds. The Kier molecular flexibility index (Phi) is 6.85. The molecule has 0 saturated carbocycles. The van der Waals surface area contributed by atoms with Crippen LogP contribution in [0.1, 0.15) is 16.7 Å². The monoisotopic (exact) mass is 576 g/mol. The normalized spacial score (nSPS) is 17.4. The predicted octanol–water partition coefficient (Wildman–Crippen LogP) is 9.78. The zero-order valence-electron chi connectivity index (χ0n) is 24.9. The van der Waals surface area contributed by atoms with Crippen LogP contribution in [0.4, 0.5) is 0 Å². The van der Waals surface area contributed by atoms with Gasteiger partial charge >= 0.3 is 0 Å². The summed E-state index contributed by atoms with van der Waals surface area (Å²) < 4.78 is 6.48. The summed E-state index contributed by atoms with van der Waals surface area (Å²) in [5.41, 5.74) is 10.7. The second-order valence-electron chi connectivity index (χ2n) is 11.6. The van der Waals surface area contributed by atoms with E-state index in [1.165, 1.54) is 54.8 Å². The van der Waals surface area contributed by atoms with Crippen LogP contribution in [0.15, 0.2) is 175 Å². The quantitative estimate of drug-likeness (QED) is 0.180. The zero-order valence-corrected chi connectivity index (χ0v) is 24.9. The van der Waals surface area contributed by atoms with Crippen LogP contribution < -0.4 is 10.4 Å². The van der Waals surface area contributed by atoms with Crippen LogP contribution in [0.5, 0.6) is 0 Å². The van der Waals surface area contributed by atoms with E-state index < -0.39 is 0 Å². The van der Waals surface area contributed by atoms with Gasteiger partial charge < -0.3 is 4.42 Å². The third-order valence-electron chi connectivity index (χ3n) is 9.05. The van der Waals surface area contributed by atoms with Crippen molar-refractivity contribution < 1.29 is 4.42 Å². The molecule has 0 fully saturated rings. The van der Waals surface area contributed by atoms with Crippen molar-refractivity contribution in [2.45, 2.75) is 0 Å². The van der Waals surface area contributed by atoms with Gasteiger partial charge in [-0.15, -0.1) is 0 Å². The van der Waals surface area contributed by atoms with Crippen molar-refractivity contribution in [2.24, 2.45) is 11.8 Å². The van der Waals surface area contributed by atoms with E-state index >= 15 is 0 Å². The molecule has 2 unspecified atom stereocenters. The molecule has 1 nitrogen and oxygen atoms in total. The number of allylic oxidation sites excluding steroid dienone is 8. The van der Waals surface area contributed by atoms with Crippen LogP contribution in [0.3, 0.4) is 0 Å². The van der Waals surface area contributed by atoms with Crippen LogP contribution in [0.25, 0.3) is 50.3 Å². The minimum Gasteiger partial charge on any atom is -0.456 e. The molecule has 2 aliphatic carbocycles. The van der Waals surface area contributed by atoms with E-state index in [1.54, 1.807) is 6.08 Å². The van der Waals surface area contributed by atoms with Gasteiger partial charge in [-0.2, -0.15) is 0 Å². The molecule has 5 aromatic carbocycles. The summed E-state index contributed by atoms with van der Waals surface area (Å²) >= 11 is 0. The van der Waals surface area contributed by atoms with Crippen molar-refractivity contribution in [3.05, 3.63) is 198 Å². The number of fused-ring (bicyclic) bond motifs is 5. The van der Waals surface area contributed by atoms with E-state index in [0.29, 0.717) is 0 Å². The van der Waals surface area contributed by atoms with Gasteiger partial charge in [-0.25, -0.2) is 0 Å². The van der Waals surface area contributed by atoms with Gasteiger partial charge in [0.15, 0.2) is 0 Å². The molecule has 1 aromatic heterocycles. The van der Waals surface area contributed by atoms with E-state index in [0.717, 1.165) is 16.6 Å². The topological polar surface area (TPSA) is 13.1 Å². The number of para-hydroxylation sites is 1. The van der Waals surface area contributed by atoms with Gasteiger partial charge in [0.1, 0.15) is 11.2 Å². The molecule has 0 aliphatic heterocycles. The molecule has 0 saturated heterocycles. The summed E-state index contributed by atoms with van der Waals surface area (Å²) in [6.07, 6.45) is 19.2. The summed E-state index contributed by atoms with van der Waals surface area (Å²) in [7, 11) is 0. The largest absolute Gasteiger partial charge is 0.456 e. The Morgan fingerprint density at radius 2 is 1.29 bits per heavy atom. The number of hydrogen-bond donors (Lipinski definition) is 0. The molecule has 0 radical (unpaired) electrons. The van der Waals surface area contributed by atoms with E-state index in [1.807, 2.05) is 12.2 Å². The highest BCUT2D eigenvalue weighted by Crippen LogP contribution is 2.46. The van der Waals surface area contributed by atoms with Crippen molar-refractivity contribution >= 4 is 39.2 Å². The minimum atomic E-state index is 0.149. The molecule has 8 rings (SSSR count). The molecule has 45 heavy (non-hydrogen) atoms. The van der Waals surface area contributed by atoms with Crippen molar-refractivity contribution in [2.75, 3.05) is 0 Å². The van der Waals surface area contributed by atoms with E-state index in [4.69, 9.17) is 4.42 Å². The van der Waals surface area contributed by atoms with Gasteiger partial charge in [0.05, 0.1) is 0 Å². The molecule has 2 atom stereocenters. The van der Waals surface area contributed by atoms with Gasteiger partial charge in [0.2, 0.25) is 0 Å². The van der Waals surface area contributed by atoms with Crippen LogP contribution >= 0.6 is 0 Å². The lowest BCUT2D eigenvalue weighted by Gasteiger charge is -2.34. The third-order valence-corrected chi connectivity index (χ3v) is 9.05. The van der Waals surface area contributed by atoms with Gasteiger partial charge in [0.25, 0.3) is 0 Å². The molecule has 0 N–H and O–H groups in total. The molecule has 0 spiro atoms. The Morgan fingerprint density at radius 3 is 2.11 bits per heavy atom. The Balaban J connectivity index is 1.50. The van der Waals surface area contributed by atoms with Crippen molar-refractivity contribution in [1.29, 1.82) is 0 Å². The maximum absolute atomic E-state index is 6.48. The fraction of sp³-hybridized carbons (Fsp3) is 0.0455. The third kappa shape index (κ3) is 4.65. The first kappa shape index (κ1) is 26.9. The molecule has 214 valence electrons. The molecule has 2 aliphatic rings. The second kappa shape index (κ2) is 11.4. The van der Waals surface area contributed by atoms with Gasteiger partial charge in [-0.1, -0.05) is 158 Å². The number of rotatable bonds is 6. The first-order valence-corrected chi connectivity index (χ1v) is 15.6. The first-order valence-electron chi connectivity index (χ1n) is 15.6. The highest BCUT2D eigenvalue weighted by atomic mass is 16.3. The fourth-order valence-electron chi connectivity index (χ4n) is 7.19. The van der Waals surface area contributed by atoms with E-state index in [2.05, 4.69) is 158 Å². The lowest BCUT2D eigenvalue weighted by Crippen LogP contribution is -2.40. The van der Waals surface area contributed by atoms with Crippen LogP contribution in [0.2, 0.25) is 0 Å². The first-order chi connectivity index (χ1) is 22.3. The summed E-state index contributed by atoms with van der Waals surface area (Å²) in [5, 5.41) is 4.89. The fourth-order valence-corrected chi connectivity index (χ4v) is 7.19. The lowest BCUT2D eigenvalue weighted by molar-refractivity contribution is 0.668. The minimum absolute atomic E-state index is 0.149. The predicted molar refractivity (Wildman–Crippen MR) is 190 cm³/mol. The number of benzene rings is 5. The van der Waals surface area contributed by atoms with E-state index in [-0.39, 0.29) is 11.8 Å². The Hall–Kier alpha value is -5.66. The molecular weight excluding hydrogens is 544 g/mol. The molecular formula is C44H32O. The molecule has 6 aromatic rings. The highest BCUT2D eigenvalue weighted by molar-refractivity contribution is 6.13. The van der Waals surface area contributed by atoms with Crippen LogP contribution in [-0.2, 0) is 0 Å². The highest BCUT2D eigenvalue weighted by Gasteiger charge is 2.34. The summed E-state index contributed by atoms with van der Waals surface area (Å²) in [5.74, 6) is 0.327. The van der Waals surface area contributed by atoms with Crippen LogP contribution in [0, 0.1) is 11.8 Å². The van der Waals surface area contributed by atoms with Crippen molar-refractivity contribution in [1.82, 2.24) is 0 Å². The van der Waals surface area contributed by atoms with Gasteiger partial charge in [-0.3, -0.25) is 0 Å². The van der Waals surface area contributed by atoms with Gasteiger partial charge in [0, 0.05) is 22.6 Å². The molecule has 1 heterocycles. The molecule has 1 heteroatoms. The number of hydrogen-bond acceptors (Lipinski definition) is 1. The Labute approximate surface area is 263 Å². The van der Waals surface area contributed by atoms with E-state index in [9.17, 15) is 0 Å². The maximum Gasteiger partial charge on any atom is 0.136 e. The standard InChI is InChI=1S/C44H32O/c1-2-3-4-6-16-30-17-15-20-32(29-30)41-34-21-9-11-23-36(34)42(37-24-12-10-22-35(37)41)44-33(31-18-7-5-8-19-31)27-28-40-43(44)38-25-13-14-26-39(38)45-40/h2-29,34,36H,1H2/b4-3-,16-6+. The lowest BCUT2D eigenvalue weighted by atomic mass is 9.68. The van der Waals surface area contributed by atoms with Gasteiger partial charge in [-0.05, 0) is 67.6 Å². The summed E-state index contributed by atoms with van der Waals surface area (Å²) in [6.45, 7) is 3.78. The Morgan fingerprint density at radius 1 is 0.578 bits per heavy atom. The summed E-state index contributed by atoms with van der Waals surface area (Å²) in [4.78, 5) is 0. The smallest absolute Gasteiger partial charge is 0.136 e. The number of furan rings is 1. The van der Waals surface area contributed by atoms with Crippen molar-refractivity contribution in [3.8, 4) is 11.1 Å². The Bertz CT molecular complexity index is 2340. The van der Waals surface area contributed by atoms with Crippen LogP contribution in [-0.4, -0.2) is 0 Å². The summed E-state index contributed by atoms with van der Waals surface area (Å²) in [6, 6.07) is 41.5. The second-order valence-corrected chi connectivity index (χ2v) is 11.6. The maximum atomic E-state index is 6.48. The zero-order chi connectivity index (χ0) is 30.2. The van der Waals surface area contributed by atoms with Crippen molar-refractivity contribution in [3.63, 3.8) is 0 Å². The molecule has 0 bridgehead atoms. The SMILES string of the molecule is C=C/C=C\C=C\c1cccc(C2=c3ccccc3=C(c3c(-c4ccccc4)ccc4oc5ccccc5c34)C3C=CC=CC23)c1.